The fraction of sp³-hybridized carbons (Fsp3) is 0. The highest BCUT2D eigenvalue weighted by atomic mass is 35.5. The van der Waals surface area contributed by atoms with E-state index in [4.69, 9.17) is 23.2 Å². The zero-order valence-corrected chi connectivity index (χ0v) is 9.89. The van der Waals surface area contributed by atoms with Crippen molar-refractivity contribution in [1.29, 1.82) is 0 Å². The normalized spacial score (nSPS) is 11.1. The summed E-state index contributed by atoms with van der Waals surface area (Å²) in [6.07, 6.45) is 0. The molecule has 0 radical (unpaired) electrons. The molecule has 0 aromatic heterocycles. The maximum absolute atomic E-state index is 6.25. The fourth-order valence-corrected chi connectivity index (χ4v) is 2.53. The smallest absolute Gasteiger partial charge is 0.0491 e. The van der Waals surface area contributed by atoms with Gasteiger partial charge in [0.1, 0.15) is 0 Å². The summed E-state index contributed by atoms with van der Waals surface area (Å²) in [5.41, 5.74) is 0. The second-order valence-electron chi connectivity index (χ2n) is 3.74. The summed E-state index contributed by atoms with van der Waals surface area (Å²) >= 11 is 12.4. The lowest BCUT2D eigenvalue weighted by atomic mass is 10.0. The van der Waals surface area contributed by atoms with Crippen molar-refractivity contribution in [1.82, 2.24) is 0 Å². The first-order chi connectivity index (χ1) is 7.77. The van der Waals surface area contributed by atoms with Crippen LogP contribution in [0.4, 0.5) is 0 Å². The zero-order chi connectivity index (χ0) is 11.1. The summed E-state index contributed by atoms with van der Waals surface area (Å²) < 4.78 is 0. The van der Waals surface area contributed by atoms with Crippen LogP contribution in [0.1, 0.15) is 0 Å². The van der Waals surface area contributed by atoms with Crippen LogP contribution < -0.4 is 0 Å². The van der Waals surface area contributed by atoms with E-state index >= 15 is 0 Å². The molecular weight excluding hydrogens is 239 g/mol. The van der Waals surface area contributed by atoms with Gasteiger partial charge in [0.15, 0.2) is 0 Å². The van der Waals surface area contributed by atoms with Crippen LogP contribution in [0.5, 0.6) is 0 Å². The molecule has 0 heterocycles. The standard InChI is InChI=1S/C14H8Cl2/c15-12-7-8-13(16)14-10-4-2-1-3-9(10)5-6-11(12)14/h1-8H. The molecule has 3 aromatic rings. The van der Waals surface area contributed by atoms with E-state index in [1.165, 1.54) is 5.39 Å². The average molecular weight is 247 g/mol. The summed E-state index contributed by atoms with van der Waals surface area (Å²) in [4.78, 5) is 0. The molecule has 0 spiro atoms. The van der Waals surface area contributed by atoms with E-state index in [0.717, 1.165) is 26.2 Å². The van der Waals surface area contributed by atoms with Gasteiger partial charge in [0, 0.05) is 20.8 Å². The summed E-state index contributed by atoms with van der Waals surface area (Å²) in [6.45, 7) is 0. The van der Waals surface area contributed by atoms with Crippen LogP contribution in [0.3, 0.4) is 0 Å². The van der Waals surface area contributed by atoms with Crippen molar-refractivity contribution in [2.45, 2.75) is 0 Å². The maximum Gasteiger partial charge on any atom is 0.0491 e. The van der Waals surface area contributed by atoms with Gasteiger partial charge in [0.25, 0.3) is 0 Å². The van der Waals surface area contributed by atoms with Crippen molar-refractivity contribution in [2.75, 3.05) is 0 Å². The first-order valence-corrected chi connectivity index (χ1v) is 5.78. The molecule has 16 heavy (non-hydrogen) atoms. The van der Waals surface area contributed by atoms with Gasteiger partial charge in [-0.15, -0.1) is 0 Å². The maximum atomic E-state index is 6.25. The van der Waals surface area contributed by atoms with Crippen molar-refractivity contribution < 1.29 is 0 Å². The molecule has 0 N–H and O–H groups in total. The lowest BCUT2D eigenvalue weighted by molar-refractivity contribution is 1.76. The quantitative estimate of drug-likeness (QED) is 0.473. The van der Waals surface area contributed by atoms with Gasteiger partial charge >= 0.3 is 0 Å². The topological polar surface area (TPSA) is 0 Å². The third-order valence-corrected chi connectivity index (χ3v) is 3.45. The Morgan fingerprint density at radius 3 is 2.25 bits per heavy atom. The molecule has 2 heteroatoms. The number of hydrogen-bond acceptors (Lipinski definition) is 0. The number of hydrogen-bond donors (Lipinski definition) is 0. The Morgan fingerprint density at radius 1 is 0.625 bits per heavy atom. The van der Waals surface area contributed by atoms with Gasteiger partial charge in [-0.2, -0.15) is 0 Å². The fourth-order valence-electron chi connectivity index (χ4n) is 2.05. The first-order valence-electron chi connectivity index (χ1n) is 5.03. The molecule has 3 aromatic carbocycles. The predicted octanol–water partition coefficient (Wildman–Crippen LogP) is 5.30. The molecule has 0 unspecified atom stereocenters. The van der Waals surface area contributed by atoms with E-state index < -0.39 is 0 Å². The van der Waals surface area contributed by atoms with Gasteiger partial charge in [-0.05, 0) is 22.9 Å². The SMILES string of the molecule is Clc1ccc(Cl)c2c1ccc1ccccc12. The Hall–Kier alpha value is -1.24. The Kier molecular flexibility index (Phi) is 2.27. The molecule has 78 valence electrons. The van der Waals surface area contributed by atoms with Gasteiger partial charge in [-0.3, -0.25) is 0 Å². The van der Waals surface area contributed by atoms with Gasteiger partial charge < -0.3 is 0 Å². The van der Waals surface area contributed by atoms with Crippen LogP contribution >= 0.6 is 23.2 Å². The van der Waals surface area contributed by atoms with Crippen LogP contribution in [0.15, 0.2) is 48.5 Å². The van der Waals surface area contributed by atoms with Crippen LogP contribution in [0.25, 0.3) is 21.5 Å². The number of halogens is 2. The number of benzene rings is 3. The van der Waals surface area contributed by atoms with Crippen LogP contribution in [0, 0.1) is 0 Å². The molecule has 0 aliphatic carbocycles. The van der Waals surface area contributed by atoms with E-state index in [9.17, 15) is 0 Å². The van der Waals surface area contributed by atoms with Crippen molar-refractivity contribution in [2.24, 2.45) is 0 Å². The van der Waals surface area contributed by atoms with Gasteiger partial charge in [0.05, 0.1) is 0 Å². The van der Waals surface area contributed by atoms with E-state index in [0.29, 0.717) is 0 Å². The monoisotopic (exact) mass is 246 g/mol. The minimum Gasteiger partial charge on any atom is -0.0837 e. The largest absolute Gasteiger partial charge is 0.0837 e. The summed E-state index contributed by atoms with van der Waals surface area (Å²) in [6, 6.07) is 15.9. The van der Waals surface area contributed by atoms with Crippen molar-refractivity contribution in [3.8, 4) is 0 Å². The highest BCUT2D eigenvalue weighted by Gasteiger charge is 2.06. The van der Waals surface area contributed by atoms with Crippen LogP contribution in [0.2, 0.25) is 10.0 Å². The molecule has 0 nitrogen and oxygen atoms in total. The second-order valence-corrected chi connectivity index (χ2v) is 4.55. The first kappa shape index (κ1) is 9.95. The number of rotatable bonds is 0. The molecule has 0 aliphatic rings. The van der Waals surface area contributed by atoms with Crippen molar-refractivity contribution in [3.63, 3.8) is 0 Å². The Balaban J connectivity index is 2.64. The molecule has 0 amide bonds. The molecule has 0 fully saturated rings. The molecule has 0 saturated heterocycles. The van der Waals surface area contributed by atoms with E-state index in [1.54, 1.807) is 0 Å². The third-order valence-electron chi connectivity index (χ3n) is 2.80. The van der Waals surface area contributed by atoms with E-state index in [1.807, 2.05) is 30.3 Å². The Labute approximate surface area is 103 Å². The molecule has 0 atom stereocenters. The second kappa shape index (κ2) is 3.65. The van der Waals surface area contributed by atoms with Crippen molar-refractivity contribution >= 4 is 44.7 Å². The van der Waals surface area contributed by atoms with E-state index in [-0.39, 0.29) is 0 Å². The summed E-state index contributed by atoms with van der Waals surface area (Å²) in [5, 5.41) is 5.85. The minimum atomic E-state index is 0.741. The molecule has 0 bridgehead atoms. The molecule has 0 aliphatic heterocycles. The van der Waals surface area contributed by atoms with Gasteiger partial charge in [0.2, 0.25) is 0 Å². The highest BCUT2D eigenvalue weighted by molar-refractivity contribution is 6.42. The Bertz CT molecular complexity index is 687. The van der Waals surface area contributed by atoms with Crippen molar-refractivity contribution in [3.05, 3.63) is 58.6 Å². The minimum absolute atomic E-state index is 0.741. The van der Waals surface area contributed by atoms with Gasteiger partial charge in [-0.25, -0.2) is 0 Å². The van der Waals surface area contributed by atoms with Crippen LogP contribution in [-0.4, -0.2) is 0 Å². The number of fused-ring (bicyclic) bond motifs is 3. The van der Waals surface area contributed by atoms with Gasteiger partial charge in [-0.1, -0.05) is 59.6 Å². The predicted molar refractivity (Wildman–Crippen MR) is 71.5 cm³/mol. The molecular formula is C14H8Cl2. The lowest BCUT2D eigenvalue weighted by Gasteiger charge is -2.06. The van der Waals surface area contributed by atoms with Crippen LogP contribution in [-0.2, 0) is 0 Å². The molecule has 3 rings (SSSR count). The third kappa shape index (κ3) is 1.38. The zero-order valence-electron chi connectivity index (χ0n) is 8.37. The summed E-state index contributed by atoms with van der Waals surface area (Å²) in [5.74, 6) is 0. The lowest BCUT2D eigenvalue weighted by Crippen LogP contribution is -1.79. The average Bonchev–Trinajstić information content (AvgIpc) is 2.33. The Morgan fingerprint density at radius 2 is 1.38 bits per heavy atom. The summed E-state index contributed by atoms with van der Waals surface area (Å²) in [7, 11) is 0. The van der Waals surface area contributed by atoms with E-state index in [2.05, 4.69) is 18.2 Å². The highest BCUT2D eigenvalue weighted by Crippen LogP contribution is 2.35. The molecule has 0 saturated carbocycles.